The van der Waals surface area contributed by atoms with Crippen molar-refractivity contribution in [2.45, 2.75) is 25.8 Å². The predicted molar refractivity (Wildman–Crippen MR) is 110 cm³/mol. The van der Waals surface area contributed by atoms with Gasteiger partial charge in [-0.2, -0.15) is 0 Å². The normalized spacial score (nSPS) is 15.4. The summed E-state index contributed by atoms with van der Waals surface area (Å²) < 4.78 is 16.2. The van der Waals surface area contributed by atoms with Crippen LogP contribution in [0.4, 0.5) is 5.69 Å². The zero-order valence-electron chi connectivity index (χ0n) is 16.4. The number of nitrogens with one attached hydrogen (secondary N) is 1. The lowest BCUT2D eigenvalue weighted by molar-refractivity contribution is -0.133. The van der Waals surface area contributed by atoms with Gasteiger partial charge in [-0.15, -0.1) is 0 Å². The second kappa shape index (κ2) is 8.74. The highest BCUT2D eigenvalue weighted by molar-refractivity contribution is 6.03. The zero-order valence-corrected chi connectivity index (χ0v) is 16.4. The van der Waals surface area contributed by atoms with Crippen molar-refractivity contribution in [1.29, 1.82) is 0 Å². The number of benzene rings is 1. The van der Waals surface area contributed by atoms with E-state index in [9.17, 15) is 9.59 Å². The van der Waals surface area contributed by atoms with Gasteiger partial charge in [0.2, 0.25) is 0 Å². The maximum atomic E-state index is 12.1. The van der Waals surface area contributed by atoms with Crippen molar-refractivity contribution < 1.29 is 23.8 Å². The Balaban J connectivity index is 2.23. The molecule has 1 aliphatic rings. The third-order valence-corrected chi connectivity index (χ3v) is 4.43. The molecule has 0 saturated carbocycles. The second-order valence-electron chi connectivity index (χ2n) is 6.58. The maximum Gasteiger partial charge on any atom is 0.336 e. The third kappa shape index (κ3) is 4.38. The molecule has 1 aromatic heterocycles. The first-order valence-corrected chi connectivity index (χ1v) is 9.23. The highest BCUT2D eigenvalue weighted by Crippen LogP contribution is 2.43. The summed E-state index contributed by atoms with van der Waals surface area (Å²) in [4.78, 5) is 28.7. The molecular formula is C21H23N3O5. The first-order chi connectivity index (χ1) is 14.0. The number of aromatic nitrogens is 1. The summed E-state index contributed by atoms with van der Waals surface area (Å²) in [6, 6.07) is 3.61. The molecule has 29 heavy (non-hydrogen) atoms. The number of esters is 2. The fourth-order valence-electron chi connectivity index (χ4n) is 3.04. The quantitative estimate of drug-likeness (QED) is 0.686. The van der Waals surface area contributed by atoms with Crippen LogP contribution in [0.2, 0.25) is 0 Å². The summed E-state index contributed by atoms with van der Waals surface area (Å²) in [5.74, 6) is -0.751. The van der Waals surface area contributed by atoms with E-state index >= 15 is 0 Å². The summed E-state index contributed by atoms with van der Waals surface area (Å²) in [6.07, 6.45) is 5.19. The van der Waals surface area contributed by atoms with E-state index in [1.807, 2.05) is 13.0 Å². The average molecular weight is 397 g/mol. The fourth-order valence-corrected chi connectivity index (χ4v) is 3.04. The van der Waals surface area contributed by atoms with Crippen LogP contribution in [-0.4, -0.2) is 36.6 Å². The number of anilines is 1. The molecule has 0 bridgehead atoms. The van der Waals surface area contributed by atoms with Crippen LogP contribution in [0, 0.1) is 0 Å². The molecule has 0 radical (unpaired) electrons. The highest BCUT2D eigenvalue weighted by Gasteiger charge is 2.25. The number of carbonyl (C=O) groups is 2. The van der Waals surface area contributed by atoms with Crippen LogP contribution in [0.15, 0.2) is 30.9 Å². The SMILES string of the molecule is C=Cc1nc2c(NC(C)CCCN)cc(OC)cc2c2c1OC(=O)/C=C\C(=O)O2. The van der Waals surface area contributed by atoms with Gasteiger partial charge in [0.1, 0.15) is 11.4 Å². The van der Waals surface area contributed by atoms with E-state index in [2.05, 4.69) is 16.9 Å². The second-order valence-corrected chi connectivity index (χ2v) is 6.58. The molecule has 152 valence electrons. The van der Waals surface area contributed by atoms with Crippen LogP contribution >= 0.6 is 0 Å². The summed E-state index contributed by atoms with van der Waals surface area (Å²) in [5.41, 5.74) is 7.11. The number of carbonyl (C=O) groups excluding carboxylic acids is 2. The molecule has 2 aromatic rings. The Kier molecular flexibility index (Phi) is 6.13. The van der Waals surface area contributed by atoms with Gasteiger partial charge in [0.25, 0.3) is 0 Å². The Morgan fingerprint density at radius 1 is 1.24 bits per heavy atom. The number of hydrogen-bond donors (Lipinski definition) is 2. The number of methoxy groups -OCH3 is 1. The molecule has 0 saturated heterocycles. The van der Waals surface area contributed by atoms with Gasteiger partial charge < -0.3 is 25.3 Å². The van der Waals surface area contributed by atoms with Crippen LogP contribution in [0.25, 0.3) is 17.0 Å². The maximum absolute atomic E-state index is 12.1. The Labute approximate surface area is 168 Å². The molecule has 0 aliphatic carbocycles. The molecule has 8 nitrogen and oxygen atoms in total. The first kappa shape index (κ1) is 20.3. The molecule has 1 aromatic carbocycles. The van der Waals surface area contributed by atoms with Gasteiger partial charge in [-0.3, -0.25) is 0 Å². The number of pyridine rings is 1. The lowest BCUT2D eigenvalue weighted by atomic mass is 10.1. The van der Waals surface area contributed by atoms with Crippen LogP contribution in [0.5, 0.6) is 17.2 Å². The molecule has 1 atom stereocenters. The Hall–Kier alpha value is -3.39. The van der Waals surface area contributed by atoms with Crippen LogP contribution < -0.4 is 25.3 Å². The van der Waals surface area contributed by atoms with Gasteiger partial charge in [0, 0.05) is 24.3 Å². The molecular weight excluding hydrogens is 374 g/mol. The van der Waals surface area contributed by atoms with E-state index in [1.165, 1.54) is 13.2 Å². The van der Waals surface area contributed by atoms with Gasteiger partial charge in [-0.25, -0.2) is 14.6 Å². The average Bonchev–Trinajstić information content (AvgIpc) is 2.70. The van der Waals surface area contributed by atoms with Gasteiger partial charge >= 0.3 is 11.9 Å². The molecule has 0 spiro atoms. The number of fused-ring (bicyclic) bond motifs is 3. The third-order valence-electron chi connectivity index (χ3n) is 4.43. The summed E-state index contributed by atoms with van der Waals surface area (Å²) in [5, 5.41) is 3.87. The van der Waals surface area contributed by atoms with Gasteiger partial charge in [0.15, 0.2) is 11.5 Å². The standard InChI is InChI=1S/C21H23N3O5/c1-4-15-21-20(28-17(25)7-8-18(26)29-21)14-10-13(27-3)11-16(19(14)24-15)23-12(2)6-5-9-22/h4,7-8,10-12,23H,1,5-6,9,22H2,2-3H3/b8-7-. The van der Waals surface area contributed by atoms with Gasteiger partial charge in [-0.1, -0.05) is 6.58 Å². The van der Waals surface area contributed by atoms with Crippen molar-refractivity contribution in [3.63, 3.8) is 0 Å². The van der Waals surface area contributed by atoms with E-state index in [1.54, 1.807) is 6.07 Å². The topological polar surface area (TPSA) is 113 Å². The highest BCUT2D eigenvalue weighted by atomic mass is 16.6. The minimum atomic E-state index is -0.705. The molecule has 3 N–H and O–H groups in total. The molecule has 1 unspecified atom stereocenters. The summed E-state index contributed by atoms with van der Waals surface area (Å²) in [7, 11) is 1.53. The van der Waals surface area contributed by atoms with Crippen molar-refractivity contribution in [3.8, 4) is 17.2 Å². The number of rotatable bonds is 7. The van der Waals surface area contributed by atoms with Crippen LogP contribution in [-0.2, 0) is 9.59 Å². The van der Waals surface area contributed by atoms with Gasteiger partial charge in [0.05, 0.1) is 23.7 Å². The Bertz CT molecular complexity index is 1000. The number of hydrogen-bond acceptors (Lipinski definition) is 8. The molecule has 8 heteroatoms. The van der Waals surface area contributed by atoms with Crippen molar-refractivity contribution in [1.82, 2.24) is 4.98 Å². The van der Waals surface area contributed by atoms with E-state index in [0.29, 0.717) is 28.9 Å². The minimum absolute atomic E-state index is 0.0329. The monoisotopic (exact) mass is 397 g/mol. The number of ether oxygens (including phenoxy) is 3. The Morgan fingerprint density at radius 2 is 1.93 bits per heavy atom. The van der Waals surface area contributed by atoms with Crippen LogP contribution in [0.3, 0.4) is 0 Å². The van der Waals surface area contributed by atoms with E-state index < -0.39 is 11.9 Å². The lowest BCUT2D eigenvalue weighted by Gasteiger charge is -2.20. The predicted octanol–water partition coefficient (Wildman–Crippen LogP) is 2.81. The summed E-state index contributed by atoms with van der Waals surface area (Å²) in [6.45, 7) is 6.38. The molecule has 1 aliphatic heterocycles. The Morgan fingerprint density at radius 3 is 2.55 bits per heavy atom. The molecule has 0 amide bonds. The van der Waals surface area contributed by atoms with E-state index in [4.69, 9.17) is 19.9 Å². The van der Waals surface area contributed by atoms with E-state index in [0.717, 1.165) is 25.0 Å². The van der Waals surface area contributed by atoms with Crippen molar-refractivity contribution in [2.24, 2.45) is 5.73 Å². The van der Waals surface area contributed by atoms with Crippen molar-refractivity contribution in [2.75, 3.05) is 19.0 Å². The van der Waals surface area contributed by atoms with Gasteiger partial charge in [-0.05, 0) is 38.5 Å². The van der Waals surface area contributed by atoms with Crippen molar-refractivity contribution in [3.05, 3.63) is 36.6 Å². The molecule has 0 fully saturated rings. The first-order valence-electron chi connectivity index (χ1n) is 9.23. The van der Waals surface area contributed by atoms with Crippen molar-refractivity contribution >= 4 is 34.6 Å². The summed E-state index contributed by atoms with van der Waals surface area (Å²) >= 11 is 0. The molecule has 2 heterocycles. The minimum Gasteiger partial charge on any atom is -0.497 e. The fraction of sp³-hybridized carbons (Fsp3) is 0.286. The number of nitrogens with two attached hydrogens (primary N) is 1. The van der Waals surface area contributed by atoms with Crippen LogP contribution in [0.1, 0.15) is 25.5 Å². The smallest absolute Gasteiger partial charge is 0.336 e. The lowest BCUT2D eigenvalue weighted by Crippen LogP contribution is -2.18. The molecule has 3 rings (SSSR count). The largest absolute Gasteiger partial charge is 0.497 e. The van der Waals surface area contributed by atoms with E-state index in [-0.39, 0.29) is 23.2 Å². The zero-order chi connectivity index (χ0) is 21.0. The number of nitrogens with zero attached hydrogens (tertiary/aromatic N) is 1.